The Morgan fingerprint density at radius 2 is 1.75 bits per heavy atom. The number of thiophene rings is 1. The molecule has 1 unspecified atom stereocenters. The zero-order valence-electron chi connectivity index (χ0n) is 19.9. The Bertz CT molecular complexity index is 953. The number of amides is 2. The first-order valence-electron chi connectivity index (χ1n) is 11.7. The first-order valence-corrected chi connectivity index (χ1v) is 13.3. The fourth-order valence-corrected chi connectivity index (χ4v) is 6.01. The standard InChI is InChI=1S/C26H35BrN2O2S/c1-6-14-29(15-7-2)25(31)22-20-13-10-18(26(3,4)5)16-21(20)32-24(22)28-23(30)17-8-11-19(27)12-9-17/h8-9,11-12,18H,6-7,10,13-16H2,1-5H3,(H,28,30). The van der Waals surface area contributed by atoms with Crippen LogP contribution in [0.4, 0.5) is 5.00 Å². The number of nitrogens with zero attached hydrogens (tertiary/aromatic N) is 1. The number of carbonyl (C=O) groups excluding carboxylic acids is 2. The molecule has 2 aromatic rings. The van der Waals surface area contributed by atoms with Gasteiger partial charge in [0, 0.05) is 28.0 Å². The lowest BCUT2D eigenvalue weighted by Crippen LogP contribution is -2.34. The summed E-state index contributed by atoms with van der Waals surface area (Å²) >= 11 is 5.02. The summed E-state index contributed by atoms with van der Waals surface area (Å²) in [5.41, 5.74) is 2.70. The molecule has 6 heteroatoms. The van der Waals surface area contributed by atoms with Gasteiger partial charge in [-0.15, -0.1) is 11.3 Å². The molecule has 0 spiro atoms. The maximum Gasteiger partial charge on any atom is 0.257 e. The summed E-state index contributed by atoms with van der Waals surface area (Å²) < 4.78 is 0.930. The number of rotatable bonds is 7. The second kappa shape index (κ2) is 10.5. The van der Waals surface area contributed by atoms with Crippen LogP contribution in [-0.4, -0.2) is 29.8 Å². The highest BCUT2D eigenvalue weighted by Crippen LogP contribution is 2.44. The van der Waals surface area contributed by atoms with Gasteiger partial charge < -0.3 is 10.2 Å². The summed E-state index contributed by atoms with van der Waals surface area (Å²) in [5.74, 6) is 0.468. The van der Waals surface area contributed by atoms with Crippen LogP contribution < -0.4 is 5.32 Å². The SMILES string of the molecule is CCCN(CCC)C(=O)c1c(NC(=O)c2ccc(Br)cc2)sc2c1CCC(C(C)(C)C)C2. The lowest BCUT2D eigenvalue weighted by molar-refractivity contribution is 0.0755. The molecule has 1 aliphatic rings. The number of hydrogen-bond donors (Lipinski definition) is 1. The Balaban J connectivity index is 1.99. The van der Waals surface area contributed by atoms with E-state index in [2.05, 4.69) is 55.9 Å². The largest absolute Gasteiger partial charge is 0.339 e. The molecule has 1 heterocycles. The molecule has 174 valence electrons. The van der Waals surface area contributed by atoms with Gasteiger partial charge in [0.05, 0.1) is 5.56 Å². The van der Waals surface area contributed by atoms with E-state index in [1.54, 1.807) is 23.5 Å². The summed E-state index contributed by atoms with van der Waals surface area (Å²) in [7, 11) is 0. The molecule has 3 rings (SSSR count). The van der Waals surface area contributed by atoms with E-state index in [1.165, 1.54) is 4.88 Å². The topological polar surface area (TPSA) is 49.4 Å². The molecule has 32 heavy (non-hydrogen) atoms. The minimum atomic E-state index is -0.171. The lowest BCUT2D eigenvalue weighted by Gasteiger charge is -2.34. The molecule has 2 amide bonds. The maximum absolute atomic E-state index is 13.7. The van der Waals surface area contributed by atoms with Crippen LogP contribution in [0, 0.1) is 11.3 Å². The van der Waals surface area contributed by atoms with E-state index in [4.69, 9.17) is 0 Å². The smallest absolute Gasteiger partial charge is 0.257 e. The first kappa shape index (κ1) is 25.0. The predicted octanol–water partition coefficient (Wildman–Crippen LogP) is 7.18. The Labute approximate surface area is 204 Å². The molecule has 1 aromatic heterocycles. The molecule has 4 nitrogen and oxygen atoms in total. The zero-order chi connectivity index (χ0) is 23.5. The van der Waals surface area contributed by atoms with Gasteiger partial charge in [-0.2, -0.15) is 0 Å². The van der Waals surface area contributed by atoms with Crippen molar-refractivity contribution in [1.29, 1.82) is 0 Å². The van der Waals surface area contributed by atoms with Gasteiger partial charge in [-0.25, -0.2) is 0 Å². The third-order valence-electron chi connectivity index (χ3n) is 6.31. The van der Waals surface area contributed by atoms with E-state index in [0.29, 0.717) is 16.5 Å². The minimum absolute atomic E-state index is 0.0616. The molecule has 1 aromatic carbocycles. The average molecular weight is 520 g/mol. The highest BCUT2D eigenvalue weighted by atomic mass is 79.9. The second-order valence-corrected chi connectivity index (χ2v) is 11.8. The summed E-state index contributed by atoms with van der Waals surface area (Å²) in [5, 5.41) is 3.80. The van der Waals surface area contributed by atoms with Crippen molar-refractivity contribution >= 4 is 44.1 Å². The number of benzene rings is 1. The van der Waals surface area contributed by atoms with E-state index < -0.39 is 0 Å². The van der Waals surface area contributed by atoms with Crippen LogP contribution in [0.15, 0.2) is 28.7 Å². The van der Waals surface area contributed by atoms with E-state index >= 15 is 0 Å². The van der Waals surface area contributed by atoms with Crippen molar-refractivity contribution in [2.75, 3.05) is 18.4 Å². The maximum atomic E-state index is 13.7. The van der Waals surface area contributed by atoms with Crippen molar-refractivity contribution in [1.82, 2.24) is 4.90 Å². The molecule has 0 fully saturated rings. The monoisotopic (exact) mass is 518 g/mol. The van der Waals surface area contributed by atoms with E-state index in [9.17, 15) is 9.59 Å². The number of halogens is 1. The van der Waals surface area contributed by atoms with Crippen molar-refractivity contribution in [2.24, 2.45) is 11.3 Å². The van der Waals surface area contributed by atoms with Crippen LogP contribution in [0.1, 0.15) is 85.0 Å². The van der Waals surface area contributed by atoms with E-state index in [-0.39, 0.29) is 17.2 Å². The summed E-state index contributed by atoms with van der Waals surface area (Å²) in [6, 6.07) is 7.31. The van der Waals surface area contributed by atoms with Gasteiger partial charge in [-0.1, -0.05) is 50.5 Å². The Kier molecular flexibility index (Phi) is 8.21. The molecule has 0 saturated heterocycles. The molecule has 0 saturated carbocycles. The van der Waals surface area contributed by atoms with Gasteiger partial charge >= 0.3 is 0 Å². The fraction of sp³-hybridized carbons (Fsp3) is 0.538. The molecule has 1 atom stereocenters. The molecular weight excluding hydrogens is 484 g/mol. The van der Waals surface area contributed by atoms with Crippen LogP contribution in [0.3, 0.4) is 0 Å². The van der Waals surface area contributed by atoms with Crippen LogP contribution in [-0.2, 0) is 12.8 Å². The Morgan fingerprint density at radius 1 is 1.12 bits per heavy atom. The normalized spacial score (nSPS) is 15.9. The highest BCUT2D eigenvalue weighted by molar-refractivity contribution is 9.10. The van der Waals surface area contributed by atoms with Crippen molar-refractivity contribution in [3.8, 4) is 0 Å². The molecule has 0 bridgehead atoms. The third kappa shape index (κ3) is 5.63. The van der Waals surface area contributed by atoms with Gasteiger partial charge in [0.1, 0.15) is 5.00 Å². The number of fused-ring (bicyclic) bond motifs is 1. The minimum Gasteiger partial charge on any atom is -0.339 e. The van der Waals surface area contributed by atoms with Crippen molar-refractivity contribution < 1.29 is 9.59 Å². The number of hydrogen-bond acceptors (Lipinski definition) is 3. The van der Waals surface area contributed by atoms with Crippen LogP contribution in [0.5, 0.6) is 0 Å². The average Bonchev–Trinajstić information content (AvgIpc) is 3.09. The van der Waals surface area contributed by atoms with Gasteiger partial charge in [-0.3, -0.25) is 9.59 Å². The predicted molar refractivity (Wildman–Crippen MR) is 138 cm³/mol. The van der Waals surface area contributed by atoms with Crippen LogP contribution >= 0.6 is 27.3 Å². The van der Waals surface area contributed by atoms with Gasteiger partial charge in [0.25, 0.3) is 11.8 Å². The quantitative estimate of drug-likeness (QED) is 0.421. The Hall–Kier alpha value is -1.66. The van der Waals surface area contributed by atoms with Gasteiger partial charge in [0.15, 0.2) is 0 Å². The lowest BCUT2D eigenvalue weighted by atomic mass is 9.72. The Morgan fingerprint density at radius 3 is 2.31 bits per heavy atom. The summed E-state index contributed by atoms with van der Waals surface area (Å²) in [6.45, 7) is 12.6. The summed E-state index contributed by atoms with van der Waals surface area (Å²) in [4.78, 5) is 29.9. The highest BCUT2D eigenvalue weighted by Gasteiger charge is 2.35. The van der Waals surface area contributed by atoms with Gasteiger partial charge in [0.2, 0.25) is 0 Å². The molecule has 1 N–H and O–H groups in total. The van der Waals surface area contributed by atoms with Crippen LogP contribution in [0.25, 0.3) is 0 Å². The number of anilines is 1. The molecule has 0 aliphatic heterocycles. The number of carbonyl (C=O) groups is 2. The number of nitrogens with one attached hydrogen (secondary N) is 1. The van der Waals surface area contributed by atoms with Crippen molar-refractivity contribution in [3.05, 3.63) is 50.3 Å². The van der Waals surface area contributed by atoms with Gasteiger partial charge in [-0.05, 0) is 73.3 Å². The third-order valence-corrected chi connectivity index (χ3v) is 8.01. The van der Waals surface area contributed by atoms with Crippen molar-refractivity contribution in [2.45, 2.75) is 66.7 Å². The first-order chi connectivity index (χ1) is 15.2. The van der Waals surface area contributed by atoms with Crippen molar-refractivity contribution in [3.63, 3.8) is 0 Å². The molecule has 0 radical (unpaired) electrons. The van der Waals surface area contributed by atoms with Crippen LogP contribution in [0.2, 0.25) is 0 Å². The zero-order valence-corrected chi connectivity index (χ0v) is 22.3. The second-order valence-electron chi connectivity index (χ2n) is 9.77. The molecule has 1 aliphatic carbocycles. The summed E-state index contributed by atoms with van der Waals surface area (Å²) in [6.07, 6.45) is 4.79. The molecular formula is C26H35BrN2O2S. The van der Waals surface area contributed by atoms with E-state index in [0.717, 1.165) is 60.8 Å². The fourth-order valence-electron chi connectivity index (χ4n) is 4.43. The van der Waals surface area contributed by atoms with E-state index in [1.807, 2.05) is 17.0 Å².